The highest BCUT2D eigenvalue weighted by atomic mass is 32.2. The van der Waals surface area contributed by atoms with E-state index in [1.54, 1.807) is 14.2 Å². The molecule has 0 N–H and O–H groups in total. The highest BCUT2D eigenvalue weighted by molar-refractivity contribution is 7.88. The molecule has 0 radical (unpaired) electrons. The fourth-order valence-electron chi connectivity index (χ4n) is 3.18. The van der Waals surface area contributed by atoms with Crippen LogP contribution >= 0.6 is 0 Å². The summed E-state index contributed by atoms with van der Waals surface area (Å²) >= 11 is 0. The summed E-state index contributed by atoms with van der Waals surface area (Å²) in [6.45, 7) is 0.837. The van der Waals surface area contributed by atoms with Crippen molar-refractivity contribution in [1.29, 1.82) is 0 Å². The number of nitrogens with zero attached hydrogens (tertiary/aromatic N) is 1. The van der Waals surface area contributed by atoms with Crippen molar-refractivity contribution in [3.05, 3.63) is 59.2 Å². The van der Waals surface area contributed by atoms with E-state index in [1.807, 2.05) is 36.4 Å². The fraction of sp³-hybridized carbons (Fsp3) is 0.333. The summed E-state index contributed by atoms with van der Waals surface area (Å²) in [5, 5.41) is 0. The molecule has 1 aliphatic rings. The van der Waals surface area contributed by atoms with Crippen molar-refractivity contribution in [2.45, 2.75) is 12.5 Å². The number of benzene rings is 2. The van der Waals surface area contributed by atoms with Crippen LogP contribution in [0.15, 0.2) is 42.5 Å². The molecule has 0 amide bonds. The Morgan fingerprint density at radius 2 is 1.75 bits per heavy atom. The average Bonchev–Trinajstić information content (AvgIpc) is 2.59. The lowest BCUT2D eigenvalue weighted by Crippen LogP contribution is -2.37. The maximum absolute atomic E-state index is 12.1. The third-order valence-electron chi connectivity index (χ3n) is 4.44. The van der Waals surface area contributed by atoms with E-state index in [2.05, 4.69) is 6.07 Å². The first-order chi connectivity index (χ1) is 11.4. The van der Waals surface area contributed by atoms with E-state index in [0.717, 1.165) is 16.7 Å². The lowest BCUT2D eigenvalue weighted by atomic mass is 9.85. The third-order valence-corrected chi connectivity index (χ3v) is 5.66. The van der Waals surface area contributed by atoms with Crippen LogP contribution in [0.2, 0.25) is 0 Å². The summed E-state index contributed by atoms with van der Waals surface area (Å²) in [4.78, 5) is 0. The topological polar surface area (TPSA) is 55.8 Å². The molecule has 24 heavy (non-hydrogen) atoms. The molecular formula is C18H21NO4S. The first kappa shape index (κ1) is 16.8. The minimum Gasteiger partial charge on any atom is -0.493 e. The summed E-state index contributed by atoms with van der Waals surface area (Å²) in [5.41, 5.74) is 3.20. The van der Waals surface area contributed by atoms with Gasteiger partial charge in [-0.3, -0.25) is 0 Å². The molecule has 128 valence electrons. The van der Waals surface area contributed by atoms with Gasteiger partial charge in [0.25, 0.3) is 0 Å². The Labute approximate surface area is 142 Å². The molecule has 5 nitrogen and oxygen atoms in total. The molecule has 6 heteroatoms. The van der Waals surface area contributed by atoms with Crippen LogP contribution < -0.4 is 9.47 Å². The average molecular weight is 347 g/mol. The molecule has 1 aliphatic heterocycles. The van der Waals surface area contributed by atoms with E-state index >= 15 is 0 Å². The van der Waals surface area contributed by atoms with Crippen LogP contribution in [0.3, 0.4) is 0 Å². The van der Waals surface area contributed by atoms with Gasteiger partial charge in [0.15, 0.2) is 11.5 Å². The molecular weight excluding hydrogens is 326 g/mol. The molecule has 0 aromatic heterocycles. The van der Waals surface area contributed by atoms with E-state index in [9.17, 15) is 8.42 Å². The first-order valence-electron chi connectivity index (χ1n) is 7.69. The molecule has 0 spiro atoms. The molecule has 1 unspecified atom stereocenters. The van der Waals surface area contributed by atoms with Crippen LogP contribution in [-0.4, -0.2) is 39.7 Å². The molecule has 3 rings (SSSR count). The second-order valence-corrected chi connectivity index (χ2v) is 7.90. The van der Waals surface area contributed by atoms with Crippen LogP contribution in [0.5, 0.6) is 11.5 Å². The van der Waals surface area contributed by atoms with Crippen LogP contribution in [-0.2, 0) is 16.6 Å². The number of methoxy groups -OCH3 is 2. The van der Waals surface area contributed by atoms with Gasteiger partial charge in [0.1, 0.15) is 0 Å². The van der Waals surface area contributed by atoms with Gasteiger partial charge in [0.05, 0.1) is 20.5 Å². The molecule has 0 fully saturated rings. The van der Waals surface area contributed by atoms with Gasteiger partial charge in [0, 0.05) is 19.0 Å². The molecule has 0 saturated heterocycles. The SMILES string of the molecule is COc1ccc(C2CN(S(C)(=O)=O)Cc3ccccc32)cc1OC. The van der Waals surface area contributed by atoms with Gasteiger partial charge < -0.3 is 9.47 Å². The summed E-state index contributed by atoms with van der Waals surface area (Å²) in [7, 11) is -0.0681. The van der Waals surface area contributed by atoms with Crippen molar-refractivity contribution in [1.82, 2.24) is 4.31 Å². The quantitative estimate of drug-likeness (QED) is 0.853. The third kappa shape index (κ3) is 3.12. The Morgan fingerprint density at radius 1 is 1.04 bits per heavy atom. The van der Waals surface area contributed by atoms with Crippen LogP contribution in [0.1, 0.15) is 22.6 Å². The van der Waals surface area contributed by atoms with Crippen molar-refractivity contribution in [2.24, 2.45) is 0 Å². The minimum absolute atomic E-state index is 0.0375. The molecule has 2 aromatic carbocycles. The highest BCUT2D eigenvalue weighted by Crippen LogP contribution is 2.38. The number of sulfonamides is 1. The van der Waals surface area contributed by atoms with Gasteiger partial charge in [-0.05, 0) is 28.8 Å². The largest absolute Gasteiger partial charge is 0.493 e. The minimum atomic E-state index is -3.26. The predicted octanol–water partition coefficient (Wildman–Crippen LogP) is 2.61. The van der Waals surface area contributed by atoms with Gasteiger partial charge in [-0.25, -0.2) is 8.42 Å². The van der Waals surface area contributed by atoms with Gasteiger partial charge in [-0.1, -0.05) is 30.3 Å². The molecule has 1 heterocycles. The number of hydrogen-bond acceptors (Lipinski definition) is 4. The smallest absolute Gasteiger partial charge is 0.211 e. The lowest BCUT2D eigenvalue weighted by molar-refractivity contribution is 0.352. The Balaban J connectivity index is 2.09. The summed E-state index contributed by atoms with van der Waals surface area (Å²) in [5.74, 6) is 1.26. The van der Waals surface area contributed by atoms with Gasteiger partial charge >= 0.3 is 0 Å². The van der Waals surface area contributed by atoms with E-state index in [0.29, 0.717) is 24.6 Å². The molecule has 0 bridgehead atoms. The highest BCUT2D eigenvalue weighted by Gasteiger charge is 2.31. The van der Waals surface area contributed by atoms with Gasteiger partial charge in [0.2, 0.25) is 10.0 Å². The number of hydrogen-bond donors (Lipinski definition) is 0. The Kier molecular flexibility index (Phi) is 4.51. The maximum atomic E-state index is 12.1. The molecule has 0 saturated carbocycles. The Bertz CT molecular complexity index is 848. The maximum Gasteiger partial charge on any atom is 0.211 e. The van der Waals surface area contributed by atoms with E-state index in [-0.39, 0.29) is 5.92 Å². The standard InChI is InChI=1S/C18H21NO4S/c1-22-17-9-8-13(10-18(17)23-2)16-12-19(24(3,20)21)11-14-6-4-5-7-15(14)16/h4-10,16H,11-12H2,1-3H3. The second-order valence-electron chi connectivity index (χ2n) is 5.92. The van der Waals surface area contributed by atoms with Crippen LogP contribution in [0.25, 0.3) is 0 Å². The molecule has 1 atom stereocenters. The first-order valence-corrected chi connectivity index (χ1v) is 9.53. The number of rotatable bonds is 4. The molecule has 0 aliphatic carbocycles. The zero-order valence-electron chi connectivity index (χ0n) is 14.0. The van der Waals surface area contributed by atoms with E-state index in [4.69, 9.17) is 9.47 Å². The van der Waals surface area contributed by atoms with Crippen molar-refractivity contribution in [2.75, 3.05) is 27.0 Å². The Hall–Kier alpha value is -2.05. The molecule has 2 aromatic rings. The summed E-state index contributed by atoms with van der Waals surface area (Å²) in [6, 6.07) is 13.7. The monoisotopic (exact) mass is 347 g/mol. The number of fused-ring (bicyclic) bond motifs is 1. The fourth-order valence-corrected chi connectivity index (χ4v) is 3.98. The Morgan fingerprint density at radius 3 is 2.42 bits per heavy atom. The van der Waals surface area contributed by atoms with Gasteiger partial charge in [-0.2, -0.15) is 4.31 Å². The second kappa shape index (κ2) is 6.45. The van der Waals surface area contributed by atoms with Crippen molar-refractivity contribution >= 4 is 10.0 Å². The zero-order chi connectivity index (χ0) is 17.3. The van der Waals surface area contributed by atoms with Gasteiger partial charge in [-0.15, -0.1) is 0 Å². The normalized spacial score (nSPS) is 18.0. The van der Waals surface area contributed by atoms with Crippen LogP contribution in [0, 0.1) is 0 Å². The van der Waals surface area contributed by atoms with Crippen LogP contribution in [0.4, 0.5) is 0 Å². The number of ether oxygens (including phenoxy) is 2. The zero-order valence-corrected chi connectivity index (χ0v) is 14.8. The summed E-state index contributed by atoms with van der Waals surface area (Å²) in [6.07, 6.45) is 1.26. The lowest BCUT2D eigenvalue weighted by Gasteiger charge is -2.33. The van der Waals surface area contributed by atoms with Crippen molar-refractivity contribution in [3.63, 3.8) is 0 Å². The van der Waals surface area contributed by atoms with E-state index in [1.165, 1.54) is 10.6 Å². The van der Waals surface area contributed by atoms with Crippen molar-refractivity contribution in [3.8, 4) is 11.5 Å². The summed E-state index contributed by atoms with van der Waals surface area (Å²) < 4.78 is 36.4. The van der Waals surface area contributed by atoms with Crippen molar-refractivity contribution < 1.29 is 17.9 Å². The predicted molar refractivity (Wildman–Crippen MR) is 93.1 cm³/mol. The van der Waals surface area contributed by atoms with E-state index < -0.39 is 10.0 Å².